The van der Waals surface area contributed by atoms with Crippen molar-refractivity contribution >= 4 is 57.0 Å². The highest BCUT2D eigenvalue weighted by atomic mass is 31.2. The predicted molar refractivity (Wildman–Crippen MR) is 242 cm³/mol. The molecule has 8 aromatic carbocycles. The van der Waals surface area contributed by atoms with Crippen LogP contribution in [0.25, 0.3) is 21.5 Å². The maximum atomic E-state index is 14.3. The van der Waals surface area contributed by atoms with E-state index in [1.807, 2.05) is 194 Å². The molecule has 0 unspecified atom stereocenters. The van der Waals surface area contributed by atoms with Gasteiger partial charge in [0.15, 0.2) is 0 Å². The fourth-order valence-electron chi connectivity index (χ4n) is 6.22. The number of benzene rings is 8. The van der Waals surface area contributed by atoms with Crippen LogP contribution in [-0.4, -0.2) is 10.5 Å². The number of hydrogen-bond acceptors (Lipinski definition) is 4. The number of fused-ring (bicyclic) bond motifs is 2. The van der Waals surface area contributed by atoms with Crippen LogP contribution in [0.4, 0.5) is 0 Å². The van der Waals surface area contributed by atoms with Crippen LogP contribution in [0.15, 0.2) is 194 Å². The Bertz CT molecular complexity index is 2710. The summed E-state index contributed by atoms with van der Waals surface area (Å²) in [6.07, 6.45) is 10.6. The van der Waals surface area contributed by atoms with E-state index in [9.17, 15) is 9.13 Å². The zero-order valence-corrected chi connectivity index (χ0v) is 33.0. The molecule has 0 radical (unpaired) electrons. The van der Waals surface area contributed by atoms with E-state index >= 15 is 0 Å². The Labute approximate surface area is 339 Å². The van der Waals surface area contributed by atoms with Gasteiger partial charge in [-0.15, -0.1) is 12.8 Å². The Morgan fingerprint density at radius 2 is 0.603 bits per heavy atom. The molecule has 0 bridgehead atoms. The summed E-state index contributed by atoms with van der Waals surface area (Å²) in [5.74, 6) is 11.6. The summed E-state index contributed by atoms with van der Waals surface area (Å²) in [6.45, 7) is 0. The van der Waals surface area contributed by atoms with Gasteiger partial charge in [-0.25, -0.2) is 0 Å². The average Bonchev–Trinajstić information content (AvgIpc) is 3.31. The second kappa shape index (κ2) is 19.2. The molecule has 6 heteroatoms. The first-order valence-electron chi connectivity index (χ1n) is 18.1. The Morgan fingerprint density at radius 1 is 0.345 bits per heavy atom. The number of rotatable bonds is 4. The summed E-state index contributed by atoms with van der Waals surface area (Å²) >= 11 is 0. The molecule has 278 valence electrons. The van der Waals surface area contributed by atoms with Crippen molar-refractivity contribution in [3.8, 4) is 47.9 Å². The van der Waals surface area contributed by atoms with Crippen LogP contribution in [0.5, 0.6) is 0 Å². The molecule has 0 atom stereocenters. The van der Waals surface area contributed by atoms with Gasteiger partial charge >= 0.3 is 0 Å². The molecule has 8 aromatic rings. The second-order valence-corrected chi connectivity index (χ2v) is 17.8. The van der Waals surface area contributed by atoms with Crippen molar-refractivity contribution in [1.29, 1.82) is 0 Å². The molecule has 58 heavy (non-hydrogen) atoms. The minimum Gasteiger partial charge on any atom is -0.300 e. The third kappa shape index (κ3) is 9.46. The van der Waals surface area contributed by atoms with E-state index < -0.39 is 14.3 Å². The van der Waals surface area contributed by atoms with Crippen molar-refractivity contribution in [2.24, 2.45) is 0 Å². The third-order valence-corrected chi connectivity index (χ3v) is 14.2. The topological polar surface area (TPSA) is 74.6 Å². The van der Waals surface area contributed by atoms with E-state index in [4.69, 9.17) is 23.4 Å². The van der Waals surface area contributed by atoms with Crippen molar-refractivity contribution in [3.63, 3.8) is 0 Å². The van der Waals surface area contributed by atoms with Gasteiger partial charge in [-0.05, 0) is 81.4 Å². The standard InChI is InChI=1S/C38H26O2P2.C14H8.H2O2/c39-41(35-13-5-1-6-14-35,36-15-7-2-8-16-36)27-25-31-21-23-33-24-22-32(30-34(33)29-31)26-28-42(40,37-17-9-3-10-18-37)38-19-11-4-12-20-38;1-3-11-5-7-13-8-6-12(4-2)10-14(13)9-11;1-2/h1-24,29-30H;1-2,5-10H;1-2H. The maximum absolute atomic E-state index is 14.3. The summed E-state index contributed by atoms with van der Waals surface area (Å²) in [5.41, 5.74) is 9.58. The summed E-state index contributed by atoms with van der Waals surface area (Å²) < 4.78 is 28.6. The van der Waals surface area contributed by atoms with Crippen molar-refractivity contribution < 1.29 is 19.6 Å². The molecule has 0 spiro atoms. The minimum atomic E-state index is -3.16. The molecule has 0 fully saturated rings. The van der Waals surface area contributed by atoms with Crippen LogP contribution in [0, 0.1) is 47.9 Å². The fourth-order valence-corrected chi connectivity index (χ4v) is 10.3. The summed E-state index contributed by atoms with van der Waals surface area (Å²) in [7, 11) is -6.32. The van der Waals surface area contributed by atoms with Gasteiger partial charge in [-0.2, -0.15) is 0 Å². The molecule has 2 N–H and O–H groups in total. The first-order valence-corrected chi connectivity index (χ1v) is 21.5. The molecule has 0 aliphatic heterocycles. The van der Waals surface area contributed by atoms with Crippen LogP contribution in [-0.2, 0) is 9.13 Å². The zero-order chi connectivity index (χ0) is 40.8. The monoisotopic (exact) mass is 786 g/mol. The Morgan fingerprint density at radius 3 is 0.879 bits per heavy atom. The summed E-state index contributed by atoms with van der Waals surface area (Å²) in [4.78, 5) is 0. The van der Waals surface area contributed by atoms with Crippen LogP contribution in [0.2, 0.25) is 0 Å². The molecule has 0 aliphatic rings. The zero-order valence-electron chi connectivity index (χ0n) is 31.2. The molecule has 0 heterocycles. The van der Waals surface area contributed by atoms with Crippen molar-refractivity contribution in [2.75, 3.05) is 0 Å². The molecular weight excluding hydrogens is 751 g/mol. The lowest BCUT2D eigenvalue weighted by Gasteiger charge is -2.12. The van der Waals surface area contributed by atoms with Gasteiger partial charge in [0.05, 0.1) is 0 Å². The van der Waals surface area contributed by atoms with Crippen LogP contribution >= 0.6 is 14.3 Å². The highest BCUT2D eigenvalue weighted by Gasteiger charge is 2.25. The average molecular weight is 787 g/mol. The van der Waals surface area contributed by atoms with Crippen molar-refractivity contribution in [2.45, 2.75) is 0 Å². The SMILES string of the molecule is C#Cc1ccc2ccc(C#C)cc2c1.O=P(C#Cc1ccc2ccc(C#CP(=O)(c3ccccc3)c3ccccc3)cc2c1)(c1ccccc1)c1ccccc1.OO. The lowest BCUT2D eigenvalue weighted by molar-refractivity contribution is -0.176. The molecule has 8 rings (SSSR count). The molecule has 0 saturated heterocycles. The number of hydrogen-bond donors (Lipinski definition) is 2. The highest BCUT2D eigenvalue weighted by Crippen LogP contribution is 2.43. The smallest absolute Gasteiger partial charge is 0.211 e. The molecule has 0 amide bonds. The molecule has 0 aromatic heterocycles. The van der Waals surface area contributed by atoms with Gasteiger partial charge < -0.3 is 0 Å². The molecule has 0 saturated carbocycles. The largest absolute Gasteiger partial charge is 0.300 e. The third-order valence-electron chi connectivity index (χ3n) is 9.21. The number of terminal acetylenes is 2. The lowest BCUT2D eigenvalue weighted by atomic mass is 10.0. The minimum absolute atomic E-state index is 0.711. The normalized spacial score (nSPS) is 10.4. The predicted octanol–water partition coefficient (Wildman–Crippen LogP) is 10.3. The van der Waals surface area contributed by atoms with Crippen molar-refractivity contribution in [1.82, 2.24) is 0 Å². The Kier molecular flexibility index (Phi) is 13.4. The van der Waals surface area contributed by atoms with E-state index in [1.54, 1.807) is 0 Å². The first-order chi connectivity index (χ1) is 28.4. The van der Waals surface area contributed by atoms with Gasteiger partial charge in [0.25, 0.3) is 0 Å². The molecule has 0 aliphatic carbocycles. The van der Waals surface area contributed by atoms with Crippen LogP contribution in [0.3, 0.4) is 0 Å². The van der Waals surface area contributed by atoms with E-state index in [0.29, 0.717) is 21.2 Å². The quantitative estimate of drug-likeness (QED) is 0.0807. The van der Waals surface area contributed by atoms with Crippen LogP contribution < -0.4 is 21.2 Å². The summed E-state index contributed by atoms with van der Waals surface area (Å²) in [5, 5.41) is 19.1. The fraction of sp³-hybridized carbons (Fsp3) is 0. The maximum Gasteiger partial charge on any atom is 0.211 e. The van der Waals surface area contributed by atoms with Crippen LogP contribution in [0.1, 0.15) is 22.3 Å². The molecular formula is C52H36O4P2. The van der Waals surface area contributed by atoms with E-state index in [-0.39, 0.29) is 0 Å². The van der Waals surface area contributed by atoms with Gasteiger partial charge in [0.1, 0.15) is 0 Å². The van der Waals surface area contributed by atoms with E-state index in [1.165, 1.54) is 0 Å². The highest BCUT2D eigenvalue weighted by molar-refractivity contribution is 7.83. The van der Waals surface area contributed by atoms with E-state index in [0.717, 1.165) is 43.8 Å². The van der Waals surface area contributed by atoms with E-state index in [2.05, 4.69) is 35.0 Å². The lowest BCUT2D eigenvalue weighted by Crippen LogP contribution is -2.14. The first kappa shape index (κ1) is 40.6. The van der Waals surface area contributed by atoms with Crippen molar-refractivity contribution in [3.05, 3.63) is 216 Å². The van der Waals surface area contributed by atoms with Gasteiger partial charge in [-0.1, -0.05) is 169 Å². The Hall–Kier alpha value is -7.10. The molecule has 4 nitrogen and oxygen atoms in total. The summed E-state index contributed by atoms with van der Waals surface area (Å²) in [6, 6.07) is 61.4. The van der Waals surface area contributed by atoms with Gasteiger partial charge in [0.2, 0.25) is 14.3 Å². The van der Waals surface area contributed by atoms with Gasteiger partial charge in [0, 0.05) is 43.5 Å². The second-order valence-electron chi connectivity index (χ2n) is 12.9. The van der Waals surface area contributed by atoms with Gasteiger partial charge in [-0.3, -0.25) is 19.6 Å². The Balaban J connectivity index is 0.000000297.